The molecule has 1 N–H and O–H groups in total. The first-order valence-corrected chi connectivity index (χ1v) is 12.6. The number of carboxylic acids is 1. The van der Waals surface area contributed by atoms with Crippen molar-refractivity contribution in [2.45, 2.75) is 59.5 Å². The maximum atomic E-state index is 13.2. The van der Waals surface area contributed by atoms with Gasteiger partial charge in [0.1, 0.15) is 12.4 Å². The minimum atomic E-state index is -0.918. The minimum absolute atomic E-state index is 0.147. The molecule has 0 amide bonds. The minimum Gasteiger partial charge on any atom is -0.489 e. The van der Waals surface area contributed by atoms with E-state index in [1.165, 1.54) is 25.7 Å². The summed E-state index contributed by atoms with van der Waals surface area (Å²) in [5.74, 6) is 0.964. The molecular formula is C31H32O4. The predicted octanol–water partition coefficient (Wildman–Crippen LogP) is 7.10. The Bertz CT molecular complexity index is 1310. The molecule has 35 heavy (non-hydrogen) atoms. The quantitative estimate of drug-likeness (QED) is 0.419. The zero-order chi connectivity index (χ0) is 24.7. The summed E-state index contributed by atoms with van der Waals surface area (Å²) in [6.07, 6.45) is 5.71. The summed E-state index contributed by atoms with van der Waals surface area (Å²) in [4.78, 5) is 24.5. The molecular weight excluding hydrogens is 436 g/mol. The van der Waals surface area contributed by atoms with Gasteiger partial charge in [0, 0.05) is 11.5 Å². The van der Waals surface area contributed by atoms with Gasteiger partial charge < -0.3 is 9.84 Å². The molecule has 0 aromatic heterocycles. The van der Waals surface area contributed by atoms with Gasteiger partial charge in [0.05, 0.1) is 5.56 Å². The average molecular weight is 469 g/mol. The number of ketones is 1. The summed E-state index contributed by atoms with van der Waals surface area (Å²) in [5, 5.41) is 9.24. The van der Waals surface area contributed by atoms with E-state index in [0.717, 1.165) is 56.7 Å². The first kappa shape index (κ1) is 23.3. The largest absolute Gasteiger partial charge is 0.489 e. The molecule has 3 aromatic rings. The van der Waals surface area contributed by atoms with Gasteiger partial charge in [-0.15, -0.1) is 0 Å². The van der Waals surface area contributed by atoms with Gasteiger partial charge in [-0.2, -0.15) is 0 Å². The molecule has 5 rings (SSSR count). The second kappa shape index (κ2) is 9.33. The van der Waals surface area contributed by atoms with Gasteiger partial charge in [-0.1, -0.05) is 37.1 Å². The number of carbonyl (C=O) groups excluding carboxylic acids is 1. The smallest absolute Gasteiger partial charge is 0.335 e. The third-order valence-corrected chi connectivity index (χ3v) is 8.03. The summed E-state index contributed by atoms with van der Waals surface area (Å²) in [6, 6.07) is 15.5. The lowest BCUT2D eigenvalue weighted by Gasteiger charge is -2.16. The number of hydrogen-bond donors (Lipinski definition) is 1. The van der Waals surface area contributed by atoms with Gasteiger partial charge in [-0.25, -0.2) is 4.79 Å². The van der Waals surface area contributed by atoms with Crippen LogP contribution < -0.4 is 4.74 Å². The summed E-state index contributed by atoms with van der Waals surface area (Å²) in [5.41, 5.74) is 8.50. The Morgan fingerprint density at radius 3 is 2.49 bits per heavy atom. The monoisotopic (exact) mass is 468 g/mol. The summed E-state index contributed by atoms with van der Waals surface area (Å²) in [7, 11) is 0. The number of ether oxygens (including phenoxy) is 1. The molecule has 0 spiro atoms. The van der Waals surface area contributed by atoms with Crippen LogP contribution in [0.2, 0.25) is 0 Å². The van der Waals surface area contributed by atoms with Crippen LogP contribution in [0.15, 0.2) is 48.5 Å². The predicted molar refractivity (Wildman–Crippen MR) is 137 cm³/mol. The van der Waals surface area contributed by atoms with Gasteiger partial charge in [-0.3, -0.25) is 4.79 Å². The van der Waals surface area contributed by atoms with E-state index in [1.54, 1.807) is 12.1 Å². The summed E-state index contributed by atoms with van der Waals surface area (Å²) >= 11 is 0. The second-order valence-corrected chi connectivity index (χ2v) is 10.2. The highest BCUT2D eigenvalue weighted by molar-refractivity contribution is 6.04. The fourth-order valence-electron chi connectivity index (χ4n) is 5.97. The van der Waals surface area contributed by atoms with E-state index >= 15 is 0 Å². The van der Waals surface area contributed by atoms with Crippen LogP contribution in [0.4, 0.5) is 0 Å². The first-order valence-electron chi connectivity index (χ1n) is 12.6. The second-order valence-electron chi connectivity index (χ2n) is 10.2. The molecule has 0 bridgehead atoms. The van der Waals surface area contributed by atoms with Crippen LogP contribution in [0.5, 0.6) is 5.75 Å². The Labute approximate surface area is 207 Å². The van der Waals surface area contributed by atoms with Gasteiger partial charge in [-0.05, 0) is 109 Å². The van der Waals surface area contributed by atoms with E-state index in [1.807, 2.05) is 38.1 Å². The zero-order valence-electron chi connectivity index (χ0n) is 20.7. The van der Waals surface area contributed by atoms with Crippen molar-refractivity contribution in [2.24, 2.45) is 11.8 Å². The highest BCUT2D eigenvalue weighted by Crippen LogP contribution is 2.43. The molecule has 1 fully saturated rings. The summed E-state index contributed by atoms with van der Waals surface area (Å²) in [6.45, 7) is 6.46. The van der Waals surface area contributed by atoms with Gasteiger partial charge >= 0.3 is 5.97 Å². The van der Waals surface area contributed by atoms with Crippen molar-refractivity contribution in [3.05, 3.63) is 87.5 Å². The lowest BCUT2D eigenvalue weighted by atomic mass is 9.87. The Morgan fingerprint density at radius 2 is 1.77 bits per heavy atom. The fraction of sp³-hybridized carbons (Fsp3) is 0.355. The van der Waals surface area contributed by atoms with E-state index in [9.17, 15) is 14.7 Å². The van der Waals surface area contributed by atoms with E-state index in [4.69, 9.17) is 4.74 Å². The van der Waals surface area contributed by atoms with Gasteiger partial charge in [0.25, 0.3) is 0 Å². The number of rotatable bonds is 6. The Morgan fingerprint density at radius 1 is 1.00 bits per heavy atom. The third kappa shape index (κ3) is 4.38. The first-order chi connectivity index (χ1) is 16.8. The molecule has 3 aromatic carbocycles. The lowest BCUT2D eigenvalue weighted by molar-refractivity contribution is 0.0696. The number of hydrogen-bond acceptors (Lipinski definition) is 3. The molecule has 1 unspecified atom stereocenters. The number of aromatic carboxylic acids is 1. The highest BCUT2D eigenvalue weighted by Gasteiger charge is 2.39. The molecule has 0 radical (unpaired) electrons. The van der Waals surface area contributed by atoms with Crippen molar-refractivity contribution >= 4 is 11.8 Å². The number of benzene rings is 3. The standard InChI is InChI=1S/C31H32O4/c1-18-13-24(31(33)34)11-12-26(18)23-10-6-7-21(14-23)17-35-28-16-25-15-27(22-8-4-5-9-22)30(32)29(25)20(3)19(28)2/h6-7,10-14,16,22,27H,4-5,8-9,15,17H2,1-3H3,(H,33,34). The van der Waals surface area contributed by atoms with Crippen LogP contribution in [-0.4, -0.2) is 16.9 Å². The molecule has 0 heterocycles. The van der Waals surface area contributed by atoms with Crippen LogP contribution in [0.25, 0.3) is 11.1 Å². The van der Waals surface area contributed by atoms with E-state index < -0.39 is 5.97 Å². The lowest BCUT2D eigenvalue weighted by Crippen LogP contribution is -2.18. The third-order valence-electron chi connectivity index (χ3n) is 8.03. The van der Waals surface area contributed by atoms with E-state index in [0.29, 0.717) is 23.9 Å². The van der Waals surface area contributed by atoms with Crippen LogP contribution >= 0.6 is 0 Å². The number of Topliss-reactive ketones (excluding diaryl/α,β-unsaturated/α-hetero) is 1. The maximum Gasteiger partial charge on any atom is 0.335 e. The molecule has 2 aliphatic rings. The maximum absolute atomic E-state index is 13.2. The number of carbonyl (C=O) groups is 2. The topological polar surface area (TPSA) is 63.6 Å². The molecule has 0 aliphatic heterocycles. The summed E-state index contributed by atoms with van der Waals surface area (Å²) < 4.78 is 6.31. The zero-order valence-corrected chi connectivity index (χ0v) is 20.7. The number of fused-ring (bicyclic) bond motifs is 1. The SMILES string of the molecule is Cc1cc(C(=O)O)ccc1-c1cccc(COc2cc3c(c(C)c2C)C(=O)C(C2CCCC2)C3)c1. The molecule has 180 valence electrons. The van der Waals surface area contributed by atoms with Crippen LogP contribution in [0, 0.1) is 32.6 Å². The molecule has 4 heteroatoms. The molecule has 4 nitrogen and oxygen atoms in total. The van der Waals surface area contributed by atoms with Crippen molar-refractivity contribution in [3.63, 3.8) is 0 Å². The molecule has 1 saturated carbocycles. The van der Waals surface area contributed by atoms with Crippen LogP contribution in [0.3, 0.4) is 0 Å². The van der Waals surface area contributed by atoms with E-state index in [-0.39, 0.29) is 5.92 Å². The van der Waals surface area contributed by atoms with Gasteiger partial charge in [0.2, 0.25) is 0 Å². The Balaban J connectivity index is 1.36. The van der Waals surface area contributed by atoms with E-state index in [2.05, 4.69) is 19.1 Å². The van der Waals surface area contributed by atoms with Crippen molar-refractivity contribution in [2.75, 3.05) is 0 Å². The van der Waals surface area contributed by atoms with Crippen molar-refractivity contribution in [1.82, 2.24) is 0 Å². The molecule has 1 atom stereocenters. The molecule has 0 saturated heterocycles. The Kier molecular flexibility index (Phi) is 6.22. The van der Waals surface area contributed by atoms with Crippen LogP contribution in [0.1, 0.15) is 74.2 Å². The fourth-order valence-corrected chi connectivity index (χ4v) is 5.97. The normalized spacial score (nSPS) is 17.6. The number of aryl methyl sites for hydroxylation is 1. The van der Waals surface area contributed by atoms with Gasteiger partial charge in [0.15, 0.2) is 5.78 Å². The highest BCUT2D eigenvalue weighted by atomic mass is 16.5. The average Bonchev–Trinajstić information content (AvgIpc) is 3.48. The van der Waals surface area contributed by atoms with Crippen LogP contribution in [-0.2, 0) is 13.0 Å². The van der Waals surface area contributed by atoms with Crippen molar-refractivity contribution < 1.29 is 19.4 Å². The van der Waals surface area contributed by atoms with Crippen molar-refractivity contribution in [1.29, 1.82) is 0 Å². The number of carboxylic acid groups (broad SMARTS) is 1. The Hall–Kier alpha value is -3.40. The molecule has 2 aliphatic carbocycles. The van der Waals surface area contributed by atoms with Crippen molar-refractivity contribution in [3.8, 4) is 16.9 Å².